The van der Waals surface area contributed by atoms with Crippen LogP contribution >= 0.6 is 0 Å². The predicted molar refractivity (Wildman–Crippen MR) is 70.3 cm³/mol. The molecule has 106 valence electrons. The Kier molecular flexibility index (Phi) is 5.89. The molecule has 2 aliphatic carbocycles. The standard InChI is InChI=1S/C14H27NO3/c16-8-13-3-1-2-12(13)6-15-7-14(17)10-18-9-11-4-5-11/h11-17H,1-10H2. The third-order valence-corrected chi connectivity index (χ3v) is 4.20. The average Bonchev–Trinajstić information content (AvgIpc) is 3.07. The fraction of sp³-hybridized carbons (Fsp3) is 1.00. The van der Waals surface area contributed by atoms with Gasteiger partial charge >= 0.3 is 0 Å². The summed E-state index contributed by atoms with van der Waals surface area (Å²) in [6.07, 6.45) is 5.75. The summed E-state index contributed by atoms with van der Waals surface area (Å²) in [5.41, 5.74) is 0. The minimum absolute atomic E-state index is 0.305. The molecule has 0 bridgehead atoms. The molecule has 0 heterocycles. The summed E-state index contributed by atoms with van der Waals surface area (Å²) in [5.74, 6) is 1.80. The molecule has 2 fully saturated rings. The highest BCUT2D eigenvalue weighted by Crippen LogP contribution is 2.30. The molecule has 2 saturated carbocycles. The molecule has 0 radical (unpaired) electrons. The topological polar surface area (TPSA) is 61.7 Å². The van der Waals surface area contributed by atoms with Crippen molar-refractivity contribution < 1.29 is 14.9 Å². The molecule has 2 rings (SSSR count). The van der Waals surface area contributed by atoms with Crippen molar-refractivity contribution in [3.05, 3.63) is 0 Å². The first kappa shape index (κ1) is 14.3. The Labute approximate surface area is 110 Å². The lowest BCUT2D eigenvalue weighted by molar-refractivity contribution is 0.0318. The SMILES string of the molecule is OCC1CCCC1CNCC(O)COCC1CC1. The van der Waals surface area contributed by atoms with E-state index in [0.717, 1.165) is 25.5 Å². The van der Waals surface area contributed by atoms with Crippen molar-refractivity contribution in [1.82, 2.24) is 5.32 Å². The molecule has 4 nitrogen and oxygen atoms in total. The number of hydrogen-bond acceptors (Lipinski definition) is 4. The van der Waals surface area contributed by atoms with E-state index >= 15 is 0 Å². The Bertz CT molecular complexity index is 233. The van der Waals surface area contributed by atoms with E-state index in [9.17, 15) is 10.2 Å². The predicted octanol–water partition coefficient (Wildman–Crippen LogP) is 0.772. The van der Waals surface area contributed by atoms with Gasteiger partial charge in [0.2, 0.25) is 0 Å². The second-order valence-electron chi connectivity index (χ2n) is 5.93. The van der Waals surface area contributed by atoms with Crippen LogP contribution in [0.1, 0.15) is 32.1 Å². The van der Waals surface area contributed by atoms with Gasteiger partial charge in [0.15, 0.2) is 0 Å². The fourth-order valence-corrected chi connectivity index (χ4v) is 2.77. The second kappa shape index (κ2) is 7.43. The van der Waals surface area contributed by atoms with Gasteiger partial charge in [-0.2, -0.15) is 0 Å². The van der Waals surface area contributed by atoms with Gasteiger partial charge in [0.25, 0.3) is 0 Å². The maximum absolute atomic E-state index is 9.74. The summed E-state index contributed by atoms with van der Waals surface area (Å²) < 4.78 is 5.45. The minimum Gasteiger partial charge on any atom is -0.396 e. The van der Waals surface area contributed by atoms with Gasteiger partial charge in [0.05, 0.1) is 12.7 Å². The summed E-state index contributed by atoms with van der Waals surface area (Å²) in [6.45, 7) is 3.06. The summed E-state index contributed by atoms with van der Waals surface area (Å²) in [7, 11) is 0. The Morgan fingerprint density at radius 2 is 1.94 bits per heavy atom. The van der Waals surface area contributed by atoms with E-state index in [1.165, 1.54) is 25.7 Å². The van der Waals surface area contributed by atoms with Crippen molar-refractivity contribution >= 4 is 0 Å². The third-order valence-electron chi connectivity index (χ3n) is 4.20. The van der Waals surface area contributed by atoms with Gasteiger partial charge in [0.1, 0.15) is 0 Å². The first-order valence-electron chi connectivity index (χ1n) is 7.37. The molecule has 0 spiro atoms. The molecule has 18 heavy (non-hydrogen) atoms. The van der Waals surface area contributed by atoms with Crippen molar-refractivity contribution in [2.75, 3.05) is 32.9 Å². The lowest BCUT2D eigenvalue weighted by Crippen LogP contribution is -2.35. The highest BCUT2D eigenvalue weighted by atomic mass is 16.5. The molecule has 0 amide bonds. The van der Waals surface area contributed by atoms with Crippen molar-refractivity contribution in [3.63, 3.8) is 0 Å². The third kappa shape index (κ3) is 4.84. The molecule has 0 aromatic carbocycles. The van der Waals surface area contributed by atoms with Crippen LogP contribution in [0.25, 0.3) is 0 Å². The maximum atomic E-state index is 9.74. The zero-order valence-corrected chi connectivity index (χ0v) is 11.2. The van der Waals surface area contributed by atoms with E-state index in [1.54, 1.807) is 0 Å². The second-order valence-corrected chi connectivity index (χ2v) is 5.93. The molecule has 4 heteroatoms. The van der Waals surface area contributed by atoms with Gasteiger partial charge in [-0.15, -0.1) is 0 Å². The van der Waals surface area contributed by atoms with Gasteiger partial charge < -0.3 is 20.3 Å². The van der Waals surface area contributed by atoms with Crippen molar-refractivity contribution in [3.8, 4) is 0 Å². The molecule has 3 N–H and O–H groups in total. The van der Waals surface area contributed by atoms with Crippen LogP contribution in [0, 0.1) is 17.8 Å². The Balaban J connectivity index is 1.48. The molecule has 0 aromatic heterocycles. The summed E-state index contributed by atoms with van der Waals surface area (Å²) in [4.78, 5) is 0. The van der Waals surface area contributed by atoms with Gasteiger partial charge in [-0.1, -0.05) is 6.42 Å². The van der Waals surface area contributed by atoms with Gasteiger partial charge in [0, 0.05) is 19.8 Å². The molecule has 3 unspecified atom stereocenters. The molecule has 0 aliphatic heterocycles. The minimum atomic E-state index is -0.405. The van der Waals surface area contributed by atoms with Crippen LogP contribution < -0.4 is 5.32 Å². The van der Waals surface area contributed by atoms with Gasteiger partial charge in [-0.3, -0.25) is 0 Å². The van der Waals surface area contributed by atoms with E-state index in [1.807, 2.05) is 0 Å². The quantitative estimate of drug-likeness (QED) is 0.571. The first-order chi connectivity index (χ1) is 8.79. The van der Waals surface area contributed by atoms with Gasteiger partial charge in [-0.05, 0) is 50.0 Å². The highest BCUT2D eigenvalue weighted by molar-refractivity contribution is 4.79. The van der Waals surface area contributed by atoms with Crippen LogP contribution in [0.3, 0.4) is 0 Å². The highest BCUT2D eigenvalue weighted by Gasteiger charge is 2.26. The number of hydrogen-bond donors (Lipinski definition) is 3. The van der Waals surface area contributed by atoms with Crippen LogP contribution in [0.5, 0.6) is 0 Å². The van der Waals surface area contributed by atoms with Crippen LogP contribution in [-0.4, -0.2) is 49.2 Å². The zero-order valence-electron chi connectivity index (χ0n) is 11.2. The Morgan fingerprint density at radius 1 is 1.17 bits per heavy atom. The lowest BCUT2D eigenvalue weighted by Gasteiger charge is -2.19. The number of nitrogens with one attached hydrogen (secondary N) is 1. The van der Waals surface area contributed by atoms with E-state index in [0.29, 0.717) is 31.6 Å². The van der Waals surface area contributed by atoms with E-state index in [2.05, 4.69) is 5.32 Å². The molecule has 3 atom stereocenters. The monoisotopic (exact) mass is 257 g/mol. The molecular formula is C14H27NO3. The van der Waals surface area contributed by atoms with E-state index in [-0.39, 0.29) is 0 Å². The number of aliphatic hydroxyl groups is 2. The van der Waals surface area contributed by atoms with Gasteiger partial charge in [-0.25, -0.2) is 0 Å². The number of aliphatic hydroxyl groups excluding tert-OH is 2. The van der Waals surface area contributed by atoms with Crippen LogP contribution in [0.2, 0.25) is 0 Å². The molecule has 0 saturated heterocycles. The lowest BCUT2D eigenvalue weighted by atomic mass is 9.97. The summed E-state index contributed by atoms with van der Waals surface area (Å²) in [6, 6.07) is 0. The number of rotatable bonds is 9. The molecule has 0 aromatic rings. The van der Waals surface area contributed by atoms with E-state index in [4.69, 9.17) is 4.74 Å². The maximum Gasteiger partial charge on any atom is 0.0897 e. The van der Waals surface area contributed by atoms with Crippen molar-refractivity contribution in [1.29, 1.82) is 0 Å². The van der Waals surface area contributed by atoms with Crippen molar-refractivity contribution in [2.45, 2.75) is 38.2 Å². The summed E-state index contributed by atoms with van der Waals surface area (Å²) in [5, 5.41) is 22.3. The first-order valence-corrected chi connectivity index (χ1v) is 7.37. The largest absolute Gasteiger partial charge is 0.396 e. The molecular weight excluding hydrogens is 230 g/mol. The van der Waals surface area contributed by atoms with E-state index < -0.39 is 6.10 Å². The average molecular weight is 257 g/mol. The molecule has 2 aliphatic rings. The fourth-order valence-electron chi connectivity index (χ4n) is 2.77. The zero-order chi connectivity index (χ0) is 12.8. The van der Waals surface area contributed by atoms with Crippen LogP contribution in [-0.2, 0) is 4.74 Å². The Morgan fingerprint density at radius 3 is 2.67 bits per heavy atom. The van der Waals surface area contributed by atoms with Crippen LogP contribution in [0.4, 0.5) is 0 Å². The Hall–Kier alpha value is -0.160. The normalized spacial score (nSPS) is 29.7. The summed E-state index contributed by atoms with van der Waals surface area (Å²) >= 11 is 0. The number of ether oxygens (including phenoxy) is 1. The smallest absolute Gasteiger partial charge is 0.0897 e. The van der Waals surface area contributed by atoms with Crippen molar-refractivity contribution in [2.24, 2.45) is 17.8 Å². The van der Waals surface area contributed by atoms with Crippen LogP contribution in [0.15, 0.2) is 0 Å².